The van der Waals surface area contributed by atoms with Crippen LogP contribution in [0.4, 0.5) is 0 Å². The Balaban J connectivity index is 2.49. The van der Waals surface area contributed by atoms with Crippen LogP contribution in [0, 0.1) is 17.2 Å². The summed E-state index contributed by atoms with van der Waals surface area (Å²) in [7, 11) is 1.26. The lowest BCUT2D eigenvalue weighted by molar-refractivity contribution is -0.145. The molecular formula is C11H16N2O4. The first-order chi connectivity index (χ1) is 8.19. The average Bonchev–Trinajstić information content (AvgIpc) is 2.87. The monoisotopic (exact) mass is 240 g/mol. The second-order valence-electron chi connectivity index (χ2n) is 3.84. The molecule has 0 unspecified atom stereocenters. The highest BCUT2D eigenvalue weighted by atomic mass is 16.5. The summed E-state index contributed by atoms with van der Waals surface area (Å²) in [5.74, 6) is -0.937. The van der Waals surface area contributed by atoms with Gasteiger partial charge in [0.05, 0.1) is 25.7 Å². The molecule has 1 rings (SSSR count). The molecule has 6 nitrogen and oxygen atoms in total. The summed E-state index contributed by atoms with van der Waals surface area (Å²) < 4.78 is 9.68. The van der Waals surface area contributed by atoms with E-state index in [2.05, 4.69) is 10.1 Å². The molecule has 0 spiro atoms. The third-order valence-electron chi connectivity index (χ3n) is 2.65. The van der Waals surface area contributed by atoms with E-state index in [0.717, 1.165) is 0 Å². The largest absolute Gasteiger partial charge is 0.467 e. The van der Waals surface area contributed by atoms with Crippen LogP contribution < -0.4 is 5.32 Å². The summed E-state index contributed by atoms with van der Waals surface area (Å²) in [6, 6.07) is 1.19. The van der Waals surface area contributed by atoms with Gasteiger partial charge in [-0.3, -0.25) is 4.79 Å². The zero-order valence-corrected chi connectivity index (χ0v) is 9.77. The molecule has 2 atom stereocenters. The Hall–Kier alpha value is -1.61. The minimum atomic E-state index is -0.743. The summed E-state index contributed by atoms with van der Waals surface area (Å²) in [5.41, 5.74) is 0. The highest BCUT2D eigenvalue weighted by molar-refractivity contribution is 5.85. The fraction of sp³-hybridized carbons (Fsp3) is 0.727. The number of nitrogens with zero attached hydrogens (tertiary/aromatic N) is 1. The van der Waals surface area contributed by atoms with Gasteiger partial charge < -0.3 is 14.8 Å². The summed E-state index contributed by atoms with van der Waals surface area (Å²) in [5, 5.41) is 11.1. The van der Waals surface area contributed by atoms with Gasteiger partial charge in [-0.2, -0.15) is 5.26 Å². The van der Waals surface area contributed by atoms with E-state index < -0.39 is 12.0 Å². The molecule has 94 valence electrons. The van der Waals surface area contributed by atoms with Gasteiger partial charge in [-0.25, -0.2) is 4.79 Å². The normalized spacial score (nSPS) is 20.4. The van der Waals surface area contributed by atoms with Crippen LogP contribution in [-0.2, 0) is 19.1 Å². The zero-order chi connectivity index (χ0) is 12.7. The molecule has 1 amide bonds. The molecule has 0 aliphatic carbocycles. The summed E-state index contributed by atoms with van der Waals surface area (Å²) in [4.78, 5) is 23.1. The number of rotatable bonds is 5. The van der Waals surface area contributed by atoms with E-state index in [9.17, 15) is 9.59 Å². The molecule has 6 heteroatoms. The fourth-order valence-electron chi connectivity index (χ4n) is 1.63. The van der Waals surface area contributed by atoms with Crippen LogP contribution in [-0.4, -0.2) is 38.2 Å². The molecule has 0 saturated carbocycles. The summed E-state index contributed by atoms with van der Waals surface area (Å²) >= 11 is 0. The zero-order valence-electron chi connectivity index (χ0n) is 9.77. The van der Waals surface area contributed by atoms with Crippen LogP contribution in [0.2, 0.25) is 0 Å². The Morgan fingerprint density at radius 1 is 1.65 bits per heavy atom. The first-order valence-electron chi connectivity index (χ1n) is 5.52. The van der Waals surface area contributed by atoms with E-state index in [1.54, 1.807) is 0 Å². The van der Waals surface area contributed by atoms with E-state index in [4.69, 9.17) is 10.00 Å². The SMILES string of the molecule is COC(=O)[C@@H](CCC#N)NC(=O)[C@@H]1CCOC1. The van der Waals surface area contributed by atoms with Crippen LogP contribution in [0.5, 0.6) is 0 Å². The predicted molar refractivity (Wildman–Crippen MR) is 57.7 cm³/mol. The first kappa shape index (κ1) is 13.5. The molecule has 1 aliphatic rings. The van der Waals surface area contributed by atoms with Crippen molar-refractivity contribution in [1.82, 2.24) is 5.32 Å². The van der Waals surface area contributed by atoms with E-state index in [1.165, 1.54) is 7.11 Å². The van der Waals surface area contributed by atoms with Crippen LogP contribution in [0.1, 0.15) is 19.3 Å². The number of esters is 1. The molecule has 0 bridgehead atoms. The van der Waals surface area contributed by atoms with Crippen LogP contribution in [0.3, 0.4) is 0 Å². The van der Waals surface area contributed by atoms with Crippen molar-refractivity contribution in [1.29, 1.82) is 5.26 Å². The minimum Gasteiger partial charge on any atom is -0.467 e. The van der Waals surface area contributed by atoms with Crippen molar-refractivity contribution >= 4 is 11.9 Å². The smallest absolute Gasteiger partial charge is 0.328 e. The fourth-order valence-corrected chi connectivity index (χ4v) is 1.63. The minimum absolute atomic E-state index is 0.196. The van der Waals surface area contributed by atoms with Crippen molar-refractivity contribution in [2.24, 2.45) is 5.92 Å². The third-order valence-corrected chi connectivity index (χ3v) is 2.65. The number of hydrogen-bond acceptors (Lipinski definition) is 5. The molecule has 1 fully saturated rings. The van der Waals surface area contributed by atoms with Crippen LogP contribution >= 0.6 is 0 Å². The quantitative estimate of drug-likeness (QED) is 0.682. The molecule has 1 aliphatic heterocycles. The van der Waals surface area contributed by atoms with Gasteiger partial charge in [-0.1, -0.05) is 0 Å². The maximum Gasteiger partial charge on any atom is 0.328 e. The number of hydrogen-bond donors (Lipinski definition) is 1. The molecule has 1 heterocycles. The van der Waals surface area contributed by atoms with Crippen LogP contribution in [0.15, 0.2) is 0 Å². The second-order valence-corrected chi connectivity index (χ2v) is 3.84. The average molecular weight is 240 g/mol. The predicted octanol–water partition coefficient (Wildman–Crippen LogP) is -0.0155. The maximum atomic E-state index is 11.8. The summed E-state index contributed by atoms with van der Waals surface area (Å²) in [6.07, 6.45) is 1.13. The Kier molecular flexibility index (Phi) is 5.43. The molecule has 0 aromatic rings. The van der Waals surface area contributed by atoms with Crippen molar-refractivity contribution in [3.63, 3.8) is 0 Å². The van der Waals surface area contributed by atoms with Crippen LogP contribution in [0.25, 0.3) is 0 Å². The maximum absolute atomic E-state index is 11.8. The second kappa shape index (κ2) is 6.86. The third kappa shape index (κ3) is 4.04. The Morgan fingerprint density at radius 2 is 2.41 bits per heavy atom. The van der Waals surface area contributed by atoms with Gasteiger partial charge in [0.15, 0.2) is 0 Å². The Labute approximate surface area is 99.9 Å². The molecule has 0 aromatic carbocycles. The van der Waals surface area contributed by atoms with Gasteiger partial charge in [0.2, 0.25) is 5.91 Å². The van der Waals surface area contributed by atoms with E-state index in [-0.39, 0.29) is 24.7 Å². The first-order valence-corrected chi connectivity index (χ1v) is 5.52. The van der Waals surface area contributed by atoms with Gasteiger partial charge in [-0.05, 0) is 12.8 Å². The van der Waals surface area contributed by atoms with Gasteiger partial charge in [0.1, 0.15) is 6.04 Å². The van der Waals surface area contributed by atoms with Gasteiger partial charge in [0, 0.05) is 13.0 Å². The highest BCUT2D eigenvalue weighted by Crippen LogP contribution is 2.13. The molecule has 0 aromatic heterocycles. The number of carbonyl (C=O) groups excluding carboxylic acids is 2. The lowest BCUT2D eigenvalue weighted by atomic mass is 10.1. The molecule has 1 N–H and O–H groups in total. The van der Waals surface area contributed by atoms with Gasteiger partial charge >= 0.3 is 5.97 Å². The van der Waals surface area contributed by atoms with E-state index in [1.807, 2.05) is 6.07 Å². The van der Waals surface area contributed by atoms with Gasteiger partial charge in [-0.15, -0.1) is 0 Å². The van der Waals surface area contributed by atoms with Crippen molar-refractivity contribution in [3.8, 4) is 6.07 Å². The van der Waals surface area contributed by atoms with Gasteiger partial charge in [0.25, 0.3) is 0 Å². The van der Waals surface area contributed by atoms with Crippen molar-refractivity contribution in [2.45, 2.75) is 25.3 Å². The van der Waals surface area contributed by atoms with E-state index in [0.29, 0.717) is 19.6 Å². The molecule has 0 radical (unpaired) electrons. The topological polar surface area (TPSA) is 88.4 Å². The molecule has 1 saturated heterocycles. The number of ether oxygens (including phenoxy) is 2. The summed E-state index contributed by atoms with van der Waals surface area (Å²) in [6.45, 7) is 0.956. The van der Waals surface area contributed by atoms with Crippen molar-refractivity contribution < 1.29 is 19.1 Å². The van der Waals surface area contributed by atoms with Crippen molar-refractivity contribution in [3.05, 3.63) is 0 Å². The van der Waals surface area contributed by atoms with Crippen molar-refractivity contribution in [2.75, 3.05) is 20.3 Å². The molecular weight excluding hydrogens is 224 g/mol. The lowest BCUT2D eigenvalue weighted by Crippen LogP contribution is -2.44. The number of amides is 1. The Bertz CT molecular complexity index is 318. The number of carbonyl (C=O) groups is 2. The van der Waals surface area contributed by atoms with E-state index >= 15 is 0 Å². The number of methoxy groups -OCH3 is 1. The number of nitrogens with one attached hydrogen (secondary N) is 1. The molecule has 17 heavy (non-hydrogen) atoms. The standard InChI is InChI=1S/C11H16N2O4/c1-16-11(15)9(3-2-5-12)13-10(14)8-4-6-17-7-8/h8-9H,2-4,6-7H2,1H3,(H,13,14)/t8-,9-/m1/s1. The Morgan fingerprint density at radius 3 is 2.94 bits per heavy atom. The number of nitriles is 1. The lowest BCUT2D eigenvalue weighted by Gasteiger charge is -2.17. The highest BCUT2D eigenvalue weighted by Gasteiger charge is 2.28.